The lowest BCUT2D eigenvalue weighted by atomic mass is 10.1. The molecule has 0 amide bonds. The molecule has 0 unspecified atom stereocenters. The van der Waals surface area contributed by atoms with E-state index in [4.69, 9.17) is 16.3 Å². The zero-order valence-electron chi connectivity index (χ0n) is 15.3. The highest BCUT2D eigenvalue weighted by Gasteiger charge is 2.24. The molecule has 0 spiro atoms. The van der Waals surface area contributed by atoms with Crippen LogP contribution in [-0.4, -0.2) is 27.4 Å². The molecule has 0 N–H and O–H groups in total. The highest BCUT2D eigenvalue weighted by Crippen LogP contribution is 2.24. The summed E-state index contributed by atoms with van der Waals surface area (Å²) in [6, 6.07) is 12.3. The molecule has 0 saturated carbocycles. The van der Waals surface area contributed by atoms with E-state index >= 15 is 0 Å². The Kier molecular flexibility index (Phi) is 5.42. The van der Waals surface area contributed by atoms with Gasteiger partial charge in [0.05, 0.1) is 5.56 Å². The Morgan fingerprint density at radius 1 is 1.07 bits per heavy atom. The van der Waals surface area contributed by atoms with Crippen LogP contribution in [0.4, 0.5) is 0 Å². The number of halogens is 1. The second-order valence-corrected chi connectivity index (χ2v) is 6.68. The smallest absolute Gasteiger partial charge is 0.338 e. The lowest BCUT2D eigenvalue weighted by Crippen LogP contribution is -2.25. The molecule has 1 atom stereocenters. The second kappa shape index (κ2) is 7.76. The van der Waals surface area contributed by atoms with Crippen LogP contribution >= 0.6 is 11.6 Å². The topological polar surface area (TPSA) is 61.2 Å². The van der Waals surface area contributed by atoms with Gasteiger partial charge in [-0.05, 0) is 63.2 Å². The first kappa shape index (κ1) is 18.9. The van der Waals surface area contributed by atoms with Gasteiger partial charge in [-0.25, -0.2) is 4.79 Å². The molecular formula is C21H19ClN2O3. The van der Waals surface area contributed by atoms with Gasteiger partial charge in [0.25, 0.3) is 0 Å². The van der Waals surface area contributed by atoms with Gasteiger partial charge >= 0.3 is 5.97 Å². The highest BCUT2D eigenvalue weighted by atomic mass is 35.5. The second-order valence-electron chi connectivity index (χ2n) is 6.24. The Hall–Kier alpha value is -2.92. The van der Waals surface area contributed by atoms with Crippen molar-refractivity contribution in [3.8, 4) is 5.69 Å². The number of carbonyl (C=O) groups is 2. The van der Waals surface area contributed by atoms with Gasteiger partial charge < -0.3 is 9.30 Å². The van der Waals surface area contributed by atoms with Crippen molar-refractivity contribution in [2.24, 2.45) is 0 Å². The summed E-state index contributed by atoms with van der Waals surface area (Å²) in [5.74, 6) is -0.796. The number of aromatic nitrogens is 2. The number of Topliss-reactive ketones (excluding diaryl/α,β-unsaturated/α-hetero) is 1. The maximum Gasteiger partial charge on any atom is 0.338 e. The summed E-state index contributed by atoms with van der Waals surface area (Å²) in [7, 11) is 0. The van der Waals surface area contributed by atoms with E-state index in [1.807, 2.05) is 36.6 Å². The zero-order chi connectivity index (χ0) is 19.6. The van der Waals surface area contributed by atoms with E-state index in [1.165, 1.54) is 12.4 Å². The average Bonchev–Trinajstić information content (AvgIpc) is 2.96. The zero-order valence-corrected chi connectivity index (χ0v) is 16.0. The van der Waals surface area contributed by atoms with Gasteiger partial charge in [-0.15, -0.1) is 0 Å². The third-order valence-electron chi connectivity index (χ3n) is 4.35. The molecule has 1 aromatic carbocycles. The number of hydrogen-bond acceptors (Lipinski definition) is 4. The van der Waals surface area contributed by atoms with Crippen molar-refractivity contribution in [2.45, 2.75) is 26.9 Å². The Bertz CT molecular complexity index is 979. The van der Waals surface area contributed by atoms with Gasteiger partial charge in [0.2, 0.25) is 5.78 Å². The number of esters is 1. The van der Waals surface area contributed by atoms with Gasteiger partial charge in [-0.2, -0.15) is 0 Å². The van der Waals surface area contributed by atoms with Crippen molar-refractivity contribution >= 4 is 23.4 Å². The summed E-state index contributed by atoms with van der Waals surface area (Å²) < 4.78 is 7.31. The van der Waals surface area contributed by atoms with Gasteiger partial charge in [0.1, 0.15) is 0 Å². The number of pyridine rings is 1. The van der Waals surface area contributed by atoms with Gasteiger partial charge in [-0.1, -0.05) is 11.6 Å². The molecule has 0 aliphatic rings. The number of ketones is 1. The standard InChI is InChI=1S/C21H19ClN2O3/c1-13-12-19(14(2)24(13)18-6-4-17(22)5-7-18)20(25)15(3)27-21(26)16-8-10-23-11-9-16/h4-12,15H,1-3H3/t15-/m1/s1. The predicted molar refractivity (Wildman–Crippen MR) is 104 cm³/mol. The van der Waals surface area contributed by atoms with Crippen LogP contribution in [0.1, 0.15) is 39.0 Å². The lowest BCUT2D eigenvalue weighted by Gasteiger charge is -2.13. The minimum absolute atomic E-state index is 0.245. The molecule has 0 bridgehead atoms. The highest BCUT2D eigenvalue weighted by molar-refractivity contribution is 6.30. The molecule has 0 radical (unpaired) electrons. The van der Waals surface area contributed by atoms with Crippen molar-refractivity contribution in [3.63, 3.8) is 0 Å². The summed E-state index contributed by atoms with van der Waals surface area (Å²) in [5, 5.41) is 0.647. The van der Waals surface area contributed by atoms with Gasteiger partial charge in [0, 0.05) is 40.1 Å². The van der Waals surface area contributed by atoms with Crippen LogP contribution in [0, 0.1) is 13.8 Å². The van der Waals surface area contributed by atoms with Crippen molar-refractivity contribution in [1.82, 2.24) is 9.55 Å². The molecule has 2 aromatic heterocycles. The average molecular weight is 383 g/mol. The summed E-state index contributed by atoms with van der Waals surface area (Å²) in [5.41, 5.74) is 3.49. The van der Waals surface area contributed by atoms with E-state index in [0.717, 1.165) is 17.1 Å². The minimum Gasteiger partial charge on any atom is -0.451 e. The molecule has 3 aromatic rings. The third kappa shape index (κ3) is 3.93. The van der Waals surface area contributed by atoms with Crippen molar-refractivity contribution in [1.29, 1.82) is 0 Å². The molecule has 5 nitrogen and oxygen atoms in total. The number of carbonyl (C=O) groups excluding carboxylic acids is 2. The summed E-state index contributed by atoms with van der Waals surface area (Å²) >= 11 is 5.96. The number of rotatable bonds is 5. The molecule has 3 rings (SSSR count). The van der Waals surface area contributed by atoms with Crippen molar-refractivity contribution in [3.05, 3.63) is 82.4 Å². The van der Waals surface area contributed by atoms with Crippen LogP contribution in [0.5, 0.6) is 0 Å². The molecule has 0 aliphatic heterocycles. The molecule has 27 heavy (non-hydrogen) atoms. The lowest BCUT2D eigenvalue weighted by molar-refractivity contribution is 0.0318. The first-order valence-electron chi connectivity index (χ1n) is 8.48. The van der Waals surface area contributed by atoms with E-state index in [2.05, 4.69) is 4.98 Å². The number of ether oxygens (including phenoxy) is 1. The maximum atomic E-state index is 12.9. The summed E-state index contributed by atoms with van der Waals surface area (Å²) in [6.45, 7) is 5.37. The Morgan fingerprint density at radius 2 is 1.70 bits per heavy atom. The van der Waals surface area contributed by atoms with Crippen molar-refractivity contribution < 1.29 is 14.3 Å². The Balaban J connectivity index is 1.84. The molecular weight excluding hydrogens is 364 g/mol. The molecule has 0 fully saturated rings. The van der Waals surface area contributed by atoms with Crippen LogP contribution < -0.4 is 0 Å². The van der Waals surface area contributed by atoms with Crippen LogP contribution in [0.2, 0.25) is 5.02 Å². The fourth-order valence-corrected chi connectivity index (χ4v) is 3.11. The first-order valence-corrected chi connectivity index (χ1v) is 8.86. The fourth-order valence-electron chi connectivity index (χ4n) is 2.99. The quantitative estimate of drug-likeness (QED) is 0.479. The normalized spacial score (nSPS) is 11.9. The van der Waals surface area contributed by atoms with Crippen LogP contribution in [-0.2, 0) is 4.74 Å². The molecule has 2 heterocycles. The summed E-state index contributed by atoms with van der Waals surface area (Å²) in [6.07, 6.45) is 2.11. The van der Waals surface area contributed by atoms with E-state index in [1.54, 1.807) is 31.2 Å². The molecule has 0 saturated heterocycles. The van der Waals surface area contributed by atoms with E-state index in [0.29, 0.717) is 16.1 Å². The van der Waals surface area contributed by atoms with E-state index in [9.17, 15) is 9.59 Å². The largest absolute Gasteiger partial charge is 0.451 e. The van der Waals surface area contributed by atoms with Crippen molar-refractivity contribution in [2.75, 3.05) is 0 Å². The number of hydrogen-bond donors (Lipinski definition) is 0. The predicted octanol–water partition coefficient (Wildman–Crippen LogP) is 4.57. The SMILES string of the molecule is Cc1cc(C(=O)[C@@H](C)OC(=O)c2ccncc2)c(C)n1-c1ccc(Cl)cc1. The van der Waals surface area contributed by atoms with Crippen LogP contribution in [0.25, 0.3) is 5.69 Å². The van der Waals surface area contributed by atoms with Gasteiger partial charge in [-0.3, -0.25) is 9.78 Å². The van der Waals surface area contributed by atoms with E-state index in [-0.39, 0.29) is 5.78 Å². The first-order chi connectivity index (χ1) is 12.9. The number of aryl methyl sites for hydroxylation is 1. The molecule has 138 valence electrons. The Labute approximate surface area is 162 Å². The maximum absolute atomic E-state index is 12.9. The summed E-state index contributed by atoms with van der Waals surface area (Å²) in [4.78, 5) is 28.9. The van der Waals surface area contributed by atoms with E-state index < -0.39 is 12.1 Å². The minimum atomic E-state index is -0.898. The van der Waals surface area contributed by atoms with Crippen LogP contribution in [0.15, 0.2) is 54.9 Å². The molecule has 6 heteroatoms. The fraction of sp³-hybridized carbons (Fsp3) is 0.190. The number of benzene rings is 1. The number of nitrogens with zero attached hydrogens (tertiary/aromatic N) is 2. The monoisotopic (exact) mass is 382 g/mol. The molecule has 0 aliphatic carbocycles. The Morgan fingerprint density at radius 3 is 2.33 bits per heavy atom. The third-order valence-corrected chi connectivity index (χ3v) is 4.60. The van der Waals surface area contributed by atoms with Gasteiger partial charge in [0.15, 0.2) is 6.10 Å². The van der Waals surface area contributed by atoms with Crippen LogP contribution in [0.3, 0.4) is 0 Å².